The molecule has 1 aromatic carbocycles. The van der Waals surface area contributed by atoms with Crippen LogP contribution in [0.4, 0.5) is 0 Å². The van der Waals surface area contributed by atoms with Crippen LogP contribution >= 0.6 is 0 Å². The number of fused-ring (bicyclic) bond motifs is 1. The summed E-state index contributed by atoms with van der Waals surface area (Å²) >= 11 is 0. The Morgan fingerprint density at radius 2 is 2.05 bits per heavy atom. The van der Waals surface area contributed by atoms with Gasteiger partial charge in [0.2, 0.25) is 0 Å². The first-order chi connectivity index (χ1) is 9.74. The zero-order chi connectivity index (χ0) is 13.9. The summed E-state index contributed by atoms with van der Waals surface area (Å²) in [6.07, 6.45) is 0.953. The van der Waals surface area contributed by atoms with E-state index >= 15 is 0 Å². The van der Waals surface area contributed by atoms with Crippen LogP contribution in [0.1, 0.15) is 31.9 Å². The van der Waals surface area contributed by atoms with Crippen molar-refractivity contribution in [2.45, 2.75) is 32.4 Å². The van der Waals surface area contributed by atoms with Crippen LogP contribution in [0.5, 0.6) is 11.5 Å². The van der Waals surface area contributed by atoms with Gasteiger partial charge in [-0.05, 0) is 31.5 Å². The summed E-state index contributed by atoms with van der Waals surface area (Å²) in [5, 5.41) is 3.49. The quantitative estimate of drug-likeness (QED) is 0.898. The van der Waals surface area contributed by atoms with Crippen LogP contribution in [-0.2, 0) is 0 Å². The molecule has 0 radical (unpaired) electrons. The van der Waals surface area contributed by atoms with Crippen molar-refractivity contribution in [2.75, 3.05) is 32.8 Å². The number of hydrogen-bond acceptors (Lipinski definition) is 4. The lowest BCUT2D eigenvalue weighted by molar-refractivity contribution is 0.158. The van der Waals surface area contributed by atoms with Gasteiger partial charge in [0.15, 0.2) is 11.5 Å². The number of hydrogen-bond donors (Lipinski definition) is 1. The summed E-state index contributed by atoms with van der Waals surface area (Å²) in [5.41, 5.74) is 1.31. The van der Waals surface area contributed by atoms with Gasteiger partial charge in [-0.1, -0.05) is 6.07 Å². The van der Waals surface area contributed by atoms with E-state index in [1.165, 1.54) is 5.56 Å². The molecule has 1 fully saturated rings. The van der Waals surface area contributed by atoms with E-state index in [2.05, 4.69) is 42.3 Å². The molecule has 0 aliphatic carbocycles. The maximum Gasteiger partial charge on any atom is 0.161 e. The number of nitrogens with one attached hydrogen (secondary N) is 1. The number of benzene rings is 1. The topological polar surface area (TPSA) is 33.7 Å². The highest BCUT2D eigenvalue weighted by molar-refractivity contribution is 5.44. The predicted molar refractivity (Wildman–Crippen MR) is 79.5 cm³/mol. The molecule has 0 bridgehead atoms. The fraction of sp³-hybridized carbons (Fsp3) is 0.625. The zero-order valence-corrected chi connectivity index (χ0v) is 12.4. The van der Waals surface area contributed by atoms with Gasteiger partial charge in [-0.2, -0.15) is 0 Å². The van der Waals surface area contributed by atoms with Crippen LogP contribution in [0.25, 0.3) is 0 Å². The maximum atomic E-state index is 5.79. The van der Waals surface area contributed by atoms with Gasteiger partial charge in [0.1, 0.15) is 0 Å². The number of piperazine rings is 1. The van der Waals surface area contributed by atoms with E-state index in [1.54, 1.807) is 0 Å². The molecule has 0 aromatic heterocycles. The predicted octanol–water partition coefficient (Wildman–Crippen LogP) is 2.20. The van der Waals surface area contributed by atoms with Crippen LogP contribution in [0.15, 0.2) is 18.2 Å². The van der Waals surface area contributed by atoms with Crippen molar-refractivity contribution < 1.29 is 9.47 Å². The third kappa shape index (κ3) is 2.91. The van der Waals surface area contributed by atoms with Crippen molar-refractivity contribution >= 4 is 0 Å². The minimum absolute atomic E-state index is 0.414. The second-order valence-electron chi connectivity index (χ2n) is 5.78. The first-order valence-corrected chi connectivity index (χ1v) is 7.61. The molecule has 3 rings (SSSR count). The highest BCUT2D eigenvalue weighted by atomic mass is 16.5. The Hall–Kier alpha value is -1.26. The molecule has 0 amide bonds. The lowest BCUT2D eigenvalue weighted by Gasteiger charge is -2.36. The Morgan fingerprint density at radius 3 is 2.85 bits per heavy atom. The van der Waals surface area contributed by atoms with Gasteiger partial charge < -0.3 is 14.8 Å². The van der Waals surface area contributed by atoms with Gasteiger partial charge in [0, 0.05) is 38.1 Å². The molecule has 2 heterocycles. The van der Waals surface area contributed by atoms with E-state index in [9.17, 15) is 0 Å². The van der Waals surface area contributed by atoms with Gasteiger partial charge in [0.25, 0.3) is 0 Å². The smallest absolute Gasteiger partial charge is 0.161 e. The van der Waals surface area contributed by atoms with Gasteiger partial charge >= 0.3 is 0 Å². The fourth-order valence-corrected chi connectivity index (χ4v) is 2.96. The normalized spacial score (nSPS) is 25.0. The maximum absolute atomic E-state index is 5.79. The van der Waals surface area contributed by atoms with E-state index in [0.29, 0.717) is 12.1 Å². The van der Waals surface area contributed by atoms with Gasteiger partial charge in [-0.3, -0.25) is 4.90 Å². The molecule has 4 nitrogen and oxygen atoms in total. The number of rotatable bonds is 2. The minimum atomic E-state index is 0.414. The summed E-state index contributed by atoms with van der Waals surface area (Å²) in [6.45, 7) is 9.27. The molecular formula is C16H24N2O2. The summed E-state index contributed by atoms with van der Waals surface area (Å²) in [5.74, 6) is 1.78. The van der Waals surface area contributed by atoms with Gasteiger partial charge in [0.05, 0.1) is 13.2 Å². The Labute approximate surface area is 121 Å². The lowest BCUT2D eigenvalue weighted by Crippen LogP contribution is -2.49. The molecule has 1 aromatic rings. The van der Waals surface area contributed by atoms with E-state index in [0.717, 1.165) is 50.8 Å². The first-order valence-electron chi connectivity index (χ1n) is 7.61. The highest BCUT2D eigenvalue weighted by Crippen LogP contribution is 2.33. The monoisotopic (exact) mass is 276 g/mol. The van der Waals surface area contributed by atoms with Gasteiger partial charge in [-0.15, -0.1) is 0 Å². The zero-order valence-electron chi connectivity index (χ0n) is 12.4. The van der Waals surface area contributed by atoms with Crippen molar-refractivity contribution in [3.8, 4) is 11.5 Å². The average Bonchev–Trinajstić information content (AvgIpc) is 2.71. The Bertz CT molecular complexity index is 464. The first kappa shape index (κ1) is 13.7. The molecule has 1 N–H and O–H groups in total. The van der Waals surface area contributed by atoms with E-state index in [-0.39, 0.29) is 0 Å². The van der Waals surface area contributed by atoms with Crippen molar-refractivity contribution in [2.24, 2.45) is 0 Å². The summed E-state index contributed by atoms with van der Waals surface area (Å²) in [4.78, 5) is 2.53. The summed E-state index contributed by atoms with van der Waals surface area (Å²) in [6, 6.07) is 7.35. The second-order valence-corrected chi connectivity index (χ2v) is 5.78. The molecule has 1 saturated heterocycles. The van der Waals surface area contributed by atoms with Crippen LogP contribution in [0, 0.1) is 0 Å². The van der Waals surface area contributed by atoms with Crippen molar-refractivity contribution in [3.05, 3.63) is 23.8 Å². The molecule has 2 unspecified atom stereocenters. The Kier molecular flexibility index (Phi) is 4.13. The third-order valence-electron chi connectivity index (χ3n) is 4.20. The number of ether oxygens (including phenoxy) is 2. The molecule has 20 heavy (non-hydrogen) atoms. The molecule has 0 saturated carbocycles. The van der Waals surface area contributed by atoms with E-state index < -0.39 is 0 Å². The Balaban J connectivity index is 1.77. The second kappa shape index (κ2) is 6.02. The Morgan fingerprint density at radius 1 is 1.25 bits per heavy atom. The molecular weight excluding hydrogens is 252 g/mol. The molecule has 2 atom stereocenters. The van der Waals surface area contributed by atoms with Crippen molar-refractivity contribution in [1.29, 1.82) is 0 Å². The van der Waals surface area contributed by atoms with Crippen LogP contribution in [0.2, 0.25) is 0 Å². The van der Waals surface area contributed by atoms with Gasteiger partial charge in [-0.25, -0.2) is 0 Å². The van der Waals surface area contributed by atoms with Crippen molar-refractivity contribution in [1.82, 2.24) is 10.2 Å². The fourth-order valence-electron chi connectivity index (χ4n) is 2.96. The van der Waals surface area contributed by atoms with E-state index in [4.69, 9.17) is 9.47 Å². The summed E-state index contributed by atoms with van der Waals surface area (Å²) < 4.78 is 11.5. The van der Waals surface area contributed by atoms with Crippen molar-refractivity contribution in [3.63, 3.8) is 0 Å². The average molecular weight is 276 g/mol. The molecule has 110 valence electrons. The van der Waals surface area contributed by atoms with Crippen LogP contribution in [0.3, 0.4) is 0 Å². The standard InChI is InChI=1S/C16H24N2O2/c1-12-11-18(7-6-17-12)13(2)14-4-5-15-16(10-14)20-9-3-8-19-15/h4-5,10,12-13,17H,3,6-9,11H2,1-2H3. The molecule has 2 aliphatic rings. The van der Waals surface area contributed by atoms with Crippen LogP contribution in [-0.4, -0.2) is 43.8 Å². The summed E-state index contributed by atoms with van der Waals surface area (Å²) in [7, 11) is 0. The third-order valence-corrected chi connectivity index (χ3v) is 4.20. The minimum Gasteiger partial charge on any atom is -0.490 e. The largest absolute Gasteiger partial charge is 0.490 e. The van der Waals surface area contributed by atoms with E-state index in [1.807, 2.05) is 0 Å². The SMILES string of the molecule is CC1CN(C(C)c2ccc3c(c2)OCCCO3)CCN1. The molecule has 0 spiro atoms. The highest BCUT2D eigenvalue weighted by Gasteiger charge is 2.22. The number of nitrogens with zero attached hydrogens (tertiary/aromatic N) is 1. The van der Waals surface area contributed by atoms with Crippen LogP contribution < -0.4 is 14.8 Å². The molecule has 2 aliphatic heterocycles. The lowest BCUT2D eigenvalue weighted by atomic mass is 10.0. The molecule has 4 heteroatoms.